The molecule has 4 unspecified atom stereocenters. The van der Waals surface area contributed by atoms with Gasteiger partial charge in [-0.05, 0) is 51.0 Å². The van der Waals surface area contributed by atoms with Gasteiger partial charge in [-0.1, -0.05) is 13.8 Å². The van der Waals surface area contributed by atoms with Crippen LogP contribution in [0.15, 0.2) is 0 Å². The zero-order valence-corrected chi connectivity index (χ0v) is 13.4. The van der Waals surface area contributed by atoms with E-state index in [4.69, 9.17) is 4.74 Å². The summed E-state index contributed by atoms with van der Waals surface area (Å²) >= 11 is 0. The first kappa shape index (κ1) is 15.5. The predicted molar refractivity (Wildman–Crippen MR) is 80.8 cm³/mol. The SMILES string of the molecule is CNC1CCC(C(C)C)CC1S(=O)C1CCOCC1. The normalized spacial score (nSPS) is 35.5. The van der Waals surface area contributed by atoms with Gasteiger partial charge in [0.05, 0.1) is 5.25 Å². The molecule has 0 aromatic heterocycles. The molecule has 2 fully saturated rings. The molecule has 4 atom stereocenters. The maximum absolute atomic E-state index is 12.9. The summed E-state index contributed by atoms with van der Waals surface area (Å²) in [5.41, 5.74) is 0. The molecule has 0 amide bonds. The molecule has 112 valence electrons. The summed E-state index contributed by atoms with van der Waals surface area (Å²) in [5.74, 6) is 1.46. The van der Waals surface area contributed by atoms with E-state index >= 15 is 0 Å². The lowest BCUT2D eigenvalue weighted by Crippen LogP contribution is -2.48. The quantitative estimate of drug-likeness (QED) is 0.862. The van der Waals surface area contributed by atoms with Crippen LogP contribution in [0, 0.1) is 11.8 Å². The maximum atomic E-state index is 12.9. The Labute approximate surface area is 120 Å². The van der Waals surface area contributed by atoms with Gasteiger partial charge in [-0.2, -0.15) is 0 Å². The van der Waals surface area contributed by atoms with Gasteiger partial charge in [-0.25, -0.2) is 0 Å². The van der Waals surface area contributed by atoms with Crippen molar-refractivity contribution in [1.82, 2.24) is 5.32 Å². The van der Waals surface area contributed by atoms with Crippen LogP contribution in [-0.2, 0) is 15.5 Å². The highest BCUT2D eigenvalue weighted by Crippen LogP contribution is 2.34. The van der Waals surface area contributed by atoms with Gasteiger partial charge >= 0.3 is 0 Å². The van der Waals surface area contributed by atoms with Crippen LogP contribution >= 0.6 is 0 Å². The van der Waals surface area contributed by atoms with Gasteiger partial charge < -0.3 is 10.1 Å². The standard InChI is InChI=1S/C15H29NO2S/c1-11(2)12-4-5-14(16-3)15(10-12)19(17)13-6-8-18-9-7-13/h11-16H,4-10H2,1-3H3. The van der Waals surface area contributed by atoms with Crippen molar-refractivity contribution in [2.75, 3.05) is 20.3 Å². The molecule has 1 aliphatic carbocycles. The molecular weight excluding hydrogens is 258 g/mol. The summed E-state index contributed by atoms with van der Waals surface area (Å²) in [7, 11) is 1.32. The van der Waals surface area contributed by atoms with E-state index in [2.05, 4.69) is 19.2 Å². The van der Waals surface area contributed by atoms with Gasteiger partial charge in [-0.3, -0.25) is 4.21 Å². The monoisotopic (exact) mass is 287 g/mol. The summed E-state index contributed by atoms with van der Waals surface area (Å²) in [5, 5.41) is 4.11. The van der Waals surface area contributed by atoms with Gasteiger partial charge in [0.15, 0.2) is 0 Å². The molecule has 1 aliphatic heterocycles. The smallest absolute Gasteiger partial charge is 0.0506 e. The second kappa shape index (κ2) is 7.19. The lowest BCUT2D eigenvalue weighted by atomic mass is 9.79. The van der Waals surface area contributed by atoms with E-state index in [1.54, 1.807) is 0 Å². The topological polar surface area (TPSA) is 38.3 Å². The van der Waals surface area contributed by atoms with E-state index in [-0.39, 0.29) is 0 Å². The summed E-state index contributed by atoms with van der Waals surface area (Å²) in [6.07, 6.45) is 5.55. The molecular formula is C15H29NO2S. The highest BCUT2D eigenvalue weighted by atomic mass is 32.2. The Bertz CT molecular complexity index is 303. The number of hydrogen-bond acceptors (Lipinski definition) is 3. The third-order valence-corrected chi connectivity index (χ3v) is 7.19. The predicted octanol–water partition coefficient (Wildman–Crippen LogP) is 2.33. The van der Waals surface area contributed by atoms with Crippen molar-refractivity contribution >= 4 is 10.8 Å². The van der Waals surface area contributed by atoms with E-state index in [9.17, 15) is 4.21 Å². The van der Waals surface area contributed by atoms with E-state index in [0.29, 0.717) is 22.5 Å². The fourth-order valence-electron chi connectivity index (χ4n) is 3.51. The Hall–Kier alpha value is 0.0700. The van der Waals surface area contributed by atoms with Crippen molar-refractivity contribution in [3.63, 3.8) is 0 Å². The molecule has 0 radical (unpaired) electrons. The Morgan fingerprint density at radius 1 is 1.16 bits per heavy atom. The molecule has 1 N–H and O–H groups in total. The summed E-state index contributed by atoms with van der Waals surface area (Å²) in [6, 6.07) is 0.443. The minimum Gasteiger partial charge on any atom is -0.381 e. The van der Waals surface area contributed by atoms with Crippen molar-refractivity contribution < 1.29 is 8.95 Å². The fraction of sp³-hybridized carbons (Fsp3) is 1.00. The van der Waals surface area contributed by atoms with Gasteiger partial charge in [-0.15, -0.1) is 0 Å². The van der Waals surface area contributed by atoms with Crippen molar-refractivity contribution in [2.45, 2.75) is 62.5 Å². The maximum Gasteiger partial charge on any atom is 0.0506 e. The van der Waals surface area contributed by atoms with Crippen LogP contribution in [0.3, 0.4) is 0 Å². The molecule has 19 heavy (non-hydrogen) atoms. The fourth-order valence-corrected chi connectivity index (χ4v) is 5.69. The summed E-state index contributed by atoms with van der Waals surface area (Å²) < 4.78 is 18.3. The van der Waals surface area contributed by atoms with Crippen LogP contribution in [-0.4, -0.2) is 41.0 Å². The molecule has 2 aliphatic rings. The van der Waals surface area contributed by atoms with E-state index in [1.165, 1.54) is 12.8 Å². The number of hydrogen-bond donors (Lipinski definition) is 1. The van der Waals surface area contributed by atoms with Crippen molar-refractivity contribution in [3.05, 3.63) is 0 Å². The van der Waals surface area contributed by atoms with Gasteiger partial charge in [0.1, 0.15) is 0 Å². The molecule has 1 saturated heterocycles. The first-order chi connectivity index (χ1) is 9.13. The molecule has 0 spiro atoms. The van der Waals surface area contributed by atoms with Gasteiger partial charge in [0.25, 0.3) is 0 Å². The molecule has 4 heteroatoms. The summed E-state index contributed by atoms with van der Waals surface area (Å²) in [6.45, 7) is 6.19. The Balaban J connectivity index is 2.02. The van der Waals surface area contributed by atoms with Crippen molar-refractivity contribution in [3.8, 4) is 0 Å². The highest BCUT2D eigenvalue weighted by molar-refractivity contribution is 7.86. The lowest BCUT2D eigenvalue weighted by Gasteiger charge is -2.39. The largest absolute Gasteiger partial charge is 0.381 e. The van der Waals surface area contributed by atoms with Gasteiger partial charge in [0, 0.05) is 35.3 Å². The van der Waals surface area contributed by atoms with Crippen LogP contribution in [0.5, 0.6) is 0 Å². The van der Waals surface area contributed by atoms with Gasteiger partial charge in [0.2, 0.25) is 0 Å². The first-order valence-corrected chi connectivity index (χ1v) is 9.05. The Morgan fingerprint density at radius 2 is 1.84 bits per heavy atom. The van der Waals surface area contributed by atoms with E-state index in [0.717, 1.165) is 38.4 Å². The third-order valence-electron chi connectivity index (χ3n) is 4.94. The van der Waals surface area contributed by atoms with E-state index in [1.807, 2.05) is 7.05 Å². The highest BCUT2D eigenvalue weighted by Gasteiger charge is 2.37. The third kappa shape index (κ3) is 3.79. The second-order valence-corrected chi connectivity index (χ2v) is 8.32. The molecule has 0 aromatic carbocycles. The number of nitrogens with one attached hydrogen (secondary N) is 1. The minimum absolute atomic E-state index is 0.342. The summed E-state index contributed by atoms with van der Waals surface area (Å²) in [4.78, 5) is 0. The van der Waals surface area contributed by atoms with Crippen LogP contribution in [0.4, 0.5) is 0 Å². The molecule has 2 rings (SSSR count). The lowest BCUT2D eigenvalue weighted by molar-refractivity contribution is 0.0988. The zero-order valence-electron chi connectivity index (χ0n) is 12.6. The molecule has 3 nitrogen and oxygen atoms in total. The minimum atomic E-state index is -0.703. The van der Waals surface area contributed by atoms with Crippen LogP contribution < -0.4 is 5.32 Å². The number of ether oxygens (including phenoxy) is 1. The molecule has 1 heterocycles. The average Bonchev–Trinajstić information content (AvgIpc) is 2.46. The van der Waals surface area contributed by atoms with Crippen molar-refractivity contribution in [1.29, 1.82) is 0 Å². The number of rotatable bonds is 4. The van der Waals surface area contributed by atoms with Crippen LogP contribution in [0.2, 0.25) is 0 Å². The van der Waals surface area contributed by atoms with E-state index < -0.39 is 10.8 Å². The van der Waals surface area contributed by atoms with Crippen LogP contribution in [0.1, 0.15) is 46.0 Å². The first-order valence-electron chi connectivity index (χ1n) is 7.77. The Kier molecular flexibility index (Phi) is 5.85. The molecule has 0 bridgehead atoms. The average molecular weight is 287 g/mol. The van der Waals surface area contributed by atoms with Crippen LogP contribution in [0.25, 0.3) is 0 Å². The van der Waals surface area contributed by atoms with Crippen molar-refractivity contribution in [2.24, 2.45) is 11.8 Å². The zero-order chi connectivity index (χ0) is 13.8. The second-order valence-electron chi connectivity index (χ2n) is 6.39. The Morgan fingerprint density at radius 3 is 2.42 bits per heavy atom. The molecule has 0 aromatic rings. The molecule has 1 saturated carbocycles.